The van der Waals surface area contributed by atoms with Crippen LogP contribution < -0.4 is 0 Å². The van der Waals surface area contributed by atoms with Gasteiger partial charge in [0.05, 0.1) is 0 Å². The molecule has 6 heteroatoms. The van der Waals surface area contributed by atoms with Crippen LogP contribution in [0.3, 0.4) is 0 Å². The van der Waals surface area contributed by atoms with E-state index in [1.165, 1.54) is 0 Å². The summed E-state index contributed by atoms with van der Waals surface area (Å²) in [5.41, 5.74) is 0. The Labute approximate surface area is 87.9 Å². The minimum atomic E-state index is -4.47. The summed E-state index contributed by atoms with van der Waals surface area (Å²) in [5, 5.41) is 0. The molecule has 0 heterocycles. The molecule has 0 amide bonds. The maximum atomic E-state index is 8.64. The number of hydrogen-bond acceptors (Lipinski definition) is 3. The van der Waals surface area contributed by atoms with Gasteiger partial charge in [-0.1, -0.05) is 0 Å². The summed E-state index contributed by atoms with van der Waals surface area (Å²) >= 11 is -4.47. The Hall–Kier alpha value is 2.37. The standard InChI is InChI=1S/Ca.La.Mn.3O.2H. The predicted molar refractivity (Wildman–Crippen MR) is 10.6 cm³/mol. The molecule has 0 saturated carbocycles. The van der Waals surface area contributed by atoms with Crippen molar-refractivity contribution < 1.29 is 52.4 Å². The average Bonchev–Trinajstić information content (AvgIpc) is 0.811. The van der Waals surface area contributed by atoms with Crippen LogP contribution >= 0.6 is 0 Å². The molecule has 0 aliphatic carbocycles. The molecule has 0 rings (SSSR count). The van der Waals surface area contributed by atoms with Gasteiger partial charge in [-0.3, -0.25) is 0 Å². The zero-order valence-electron chi connectivity index (χ0n) is 2.18. The number of hydrogen-bond donors (Lipinski definition) is 0. The monoisotopic (exact) mass is 284 g/mol. The van der Waals surface area contributed by atoms with E-state index in [0.717, 1.165) is 0 Å². The SMILES string of the molecule is [CaH2].[Mn].[O]=[La](=[O])=[O]. The third kappa shape index (κ3) is 32.7. The molecule has 1 radical (unpaired) electrons. The van der Waals surface area contributed by atoms with Crippen LogP contribution in [0.25, 0.3) is 0 Å². The van der Waals surface area contributed by atoms with E-state index in [4.69, 9.17) is 5.09 Å². The van der Waals surface area contributed by atoms with Gasteiger partial charge < -0.3 is 0 Å². The summed E-state index contributed by atoms with van der Waals surface area (Å²) < 4.78 is 25.9. The van der Waals surface area contributed by atoms with Crippen LogP contribution in [-0.2, 0) is 22.2 Å². The van der Waals surface area contributed by atoms with Gasteiger partial charge in [-0.15, -0.1) is 0 Å². The van der Waals surface area contributed by atoms with Crippen LogP contribution in [0.5, 0.6) is 0 Å². The van der Waals surface area contributed by atoms with Gasteiger partial charge >= 0.3 is 73.1 Å². The van der Waals surface area contributed by atoms with Gasteiger partial charge in [0, 0.05) is 17.1 Å². The van der Waals surface area contributed by atoms with Crippen molar-refractivity contribution in [3.63, 3.8) is 0 Å². The molecule has 0 aromatic heterocycles. The van der Waals surface area contributed by atoms with Crippen molar-refractivity contribution in [3.8, 4) is 0 Å². The van der Waals surface area contributed by atoms with Gasteiger partial charge in [0.25, 0.3) is 0 Å². The molecule has 0 spiro atoms. The van der Waals surface area contributed by atoms with E-state index in [2.05, 4.69) is 0 Å². The van der Waals surface area contributed by atoms with Gasteiger partial charge in [0.15, 0.2) is 0 Å². The van der Waals surface area contributed by atoms with Crippen LogP contribution in [-0.4, -0.2) is 37.7 Å². The third-order valence-corrected chi connectivity index (χ3v) is 0. The maximum absolute atomic E-state index is 8.64. The van der Waals surface area contributed by atoms with Crippen LogP contribution in [0.1, 0.15) is 0 Å². The molecular weight excluding hydrogens is 282 g/mol. The third-order valence-electron chi connectivity index (χ3n) is 0. The van der Waals surface area contributed by atoms with Crippen molar-refractivity contribution in [3.05, 3.63) is 0 Å². The van der Waals surface area contributed by atoms with Gasteiger partial charge in [0.2, 0.25) is 0 Å². The Morgan fingerprint density at radius 1 is 1.00 bits per heavy atom. The Kier molecular flexibility index (Phi) is 27.3. The van der Waals surface area contributed by atoms with Crippen LogP contribution in [0.15, 0.2) is 0 Å². The molecule has 0 aromatic rings. The van der Waals surface area contributed by atoms with Crippen LogP contribution in [0, 0.1) is 30.2 Å². The fraction of sp³-hybridized carbons (Fsp3) is 0. The van der Waals surface area contributed by atoms with Crippen molar-refractivity contribution in [1.82, 2.24) is 0 Å². The fourth-order valence-electron chi connectivity index (χ4n) is 0. The summed E-state index contributed by atoms with van der Waals surface area (Å²) in [6, 6.07) is 0. The second-order valence-corrected chi connectivity index (χ2v) is 2.10. The molecule has 0 atom stereocenters. The number of rotatable bonds is 0. The topological polar surface area (TPSA) is 51.2 Å². The van der Waals surface area contributed by atoms with Gasteiger partial charge in [-0.25, -0.2) is 0 Å². The second kappa shape index (κ2) is 10.4. The molecule has 6 heavy (non-hydrogen) atoms. The molecule has 0 aromatic carbocycles. The summed E-state index contributed by atoms with van der Waals surface area (Å²) in [4.78, 5) is 0. The quantitative estimate of drug-likeness (QED) is 0.521. The van der Waals surface area contributed by atoms with Crippen LogP contribution in [0.4, 0.5) is 0 Å². The Bertz CT molecular complexity index is 80.2. The first-order valence-electron chi connectivity index (χ1n) is 0.707. The van der Waals surface area contributed by atoms with Crippen molar-refractivity contribution in [2.24, 2.45) is 0 Å². The predicted octanol–water partition coefficient (Wildman–Crippen LogP) is -1.28. The van der Waals surface area contributed by atoms with E-state index in [1.807, 2.05) is 0 Å². The molecule has 0 aliphatic rings. The minimum absolute atomic E-state index is 0. The van der Waals surface area contributed by atoms with E-state index < -0.39 is 30.2 Å². The van der Waals surface area contributed by atoms with Gasteiger partial charge in [-0.2, -0.15) is 0 Å². The van der Waals surface area contributed by atoms with Crippen molar-refractivity contribution in [2.75, 3.05) is 0 Å². The molecule has 0 fully saturated rings. The second-order valence-electron chi connectivity index (χ2n) is 0.289. The molecular formula is H2CaLaMnO3. The fourth-order valence-corrected chi connectivity index (χ4v) is 0. The molecule has 32 valence electrons. The van der Waals surface area contributed by atoms with E-state index >= 15 is 0 Å². The van der Waals surface area contributed by atoms with E-state index in [9.17, 15) is 0 Å². The van der Waals surface area contributed by atoms with E-state index in [1.54, 1.807) is 0 Å². The zero-order chi connectivity index (χ0) is 3.58. The van der Waals surface area contributed by atoms with Crippen molar-refractivity contribution >= 4 is 37.7 Å². The first-order valence-corrected chi connectivity index (χ1v) is 5.15. The summed E-state index contributed by atoms with van der Waals surface area (Å²) in [5.74, 6) is 0. The van der Waals surface area contributed by atoms with Crippen molar-refractivity contribution in [2.45, 2.75) is 0 Å². The average molecular weight is 284 g/mol. The molecule has 0 saturated heterocycles. The van der Waals surface area contributed by atoms with Gasteiger partial charge in [-0.05, 0) is 0 Å². The Morgan fingerprint density at radius 3 is 1.00 bits per heavy atom. The van der Waals surface area contributed by atoms with Crippen LogP contribution in [0.2, 0.25) is 0 Å². The molecule has 0 N–H and O–H groups in total. The molecule has 0 bridgehead atoms. The molecule has 0 aliphatic heterocycles. The van der Waals surface area contributed by atoms with E-state index in [-0.39, 0.29) is 54.8 Å². The molecule has 0 unspecified atom stereocenters. The first-order chi connectivity index (χ1) is 1.73. The summed E-state index contributed by atoms with van der Waals surface area (Å²) in [6.45, 7) is 0. The van der Waals surface area contributed by atoms with Crippen molar-refractivity contribution in [1.29, 1.82) is 0 Å². The molecule has 3 nitrogen and oxygen atoms in total. The summed E-state index contributed by atoms with van der Waals surface area (Å²) in [7, 11) is 0. The normalized spacial score (nSPS) is 2.50. The van der Waals surface area contributed by atoms with Gasteiger partial charge in [0.1, 0.15) is 0 Å². The first kappa shape index (κ1) is 15.8. The Morgan fingerprint density at radius 2 is 1.00 bits per heavy atom. The summed E-state index contributed by atoms with van der Waals surface area (Å²) in [6.07, 6.45) is 0. The van der Waals surface area contributed by atoms with E-state index in [0.29, 0.717) is 0 Å². The Balaban J connectivity index is -0.0000000450. The zero-order valence-corrected chi connectivity index (χ0v) is 6.99.